The summed E-state index contributed by atoms with van der Waals surface area (Å²) < 4.78 is 13.9. The third-order valence-corrected chi connectivity index (χ3v) is 4.58. The van der Waals surface area contributed by atoms with Crippen LogP contribution in [0.15, 0.2) is 27.7 Å². The fraction of sp³-hybridized carbons (Fsp3) is 0.533. The quantitative estimate of drug-likeness (QED) is 0.851. The van der Waals surface area contributed by atoms with E-state index in [0.717, 1.165) is 31.7 Å². The van der Waals surface area contributed by atoms with Gasteiger partial charge in [-0.1, -0.05) is 19.9 Å². The van der Waals surface area contributed by atoms with Crippen LogP contribution in [0.5, 0.6) is 0 Å². The van der Waals surface area contributed by atoms with Crippen LogP contribution in [-0.4, -0.2) is 48.5 Å². The Hall–Kier alpha value is -1.14. The molecular weight excluding hydrogens is 335 g/mol. The van der Waals surface area contributed by atoms with Crippen LogP contribution in [-0.2, 0) is 0 Å². The van der Waals surface area contributed by atoms with Gasteiger partial charge >= 0.3 is 0 Å². The molecule has 1 aromatic rings. The Kier molecular flexibility index (Phi) is 5.58. The molecule has 0 bridgehead atoms. The second-order valence-corrected chi connectivity index (χ2v) is 5.96. The van der Waals surface area contributed by atoms with Crippen LogP contribution in [0.3, 0.4) is 0 Å². The van der Waals surface area contributed by atoms with Gasteiger partial charge in [-0.15, -0.1) is 0 Å². The Balaban J connectivity index is 2.10. The van der Waals surface area contributed by atoms with Crippen molar-refractivity contribution in [1.29, 1.82) is 0 Å². The van der Waals surface area contributed by atoms with Crippen LogP contribution in [0.4, 0.5) is 4.39 Å². The molecule has 1 unspecified atom stereocenters. The monoisotopic (exact) mass is 356 g/mol. The molecule has 1 aliphatic heterocycles. The number of hydrogen-bond acceptors (Lipinski definition) is 4. The molecule has 0 aromatic heterocycles. The third-order valence-electron chi connectivity index (χ3n) is 3.98. The van der Waals surface area contributed by atoms with E-state index in [-0.39, 0.29) is 11.9 Å². The first-order valence-electron chi connectivity index (χ1n) is 7.30. The lowest BCUT2D eigenvalue weighted by atomic mass is 10.1. The average molecular weight is 357 g/mol. The zero-order valence-electron chi connectivity index (χ0n) is 12.5. The Morgan fingerprint density at radius 2 is 2.14 bits per heavy atom. The normalized spacial score (nSPS) is 18.4. The van der Waals surface area contributed by atoms with Crippen molar-refractivity contribution in [3.05, 3.63) is 34.1 Å². The molecule has 0 spiro atoms. The molecule has 0 fully saturated rings. The number of aliphatic imine (C=N–C) groups is 1. The van der Waals surface area contributed by atoms with Gasteiger partial charge in [0.1, 0.15) is 5.82 Å². The second-order valence-electron chi connectivity index (χ2n) is 5.11. The zero-order chi connectivity index (χ0) is 15.4. The minimum atomic E-state index is -0.250. The van der Waals surface area contributed by atoms with Crippen molar-refractivity contribution in [2.24, 2.45) is 10.7 Å². The van der Waals surface area contributed by atoms with Crippen LogP contribution in [0, 0.1) is 5.82 Å². The molecule has 1 aliphatic rings. The molecule has 1 aromatic carbocycles. The Bertz CT molecular complexity index is 516. The standard InChI is InChI=1S/C15H22BrFN4/c1-3-20(4-2)7-8-21-14(10-19-15(21)18)11-5-6-13(17)12(16)9-11/h5-6,9,14H,3-4,7-8,10H2,1-2H3,(H2,18,19). The second kappa shape index (κ2) is 7.22. The number of nitrogens with two attached hydrogens (primary N) is 1. The Morgan fingerprint density at radius 1 is 1.43 bits per heavy atom. The smallest absolute Gasteiger partial charge is 0.191 e. The lowest BCUT2D eigenvalue weighted by Gasteiger charge is -2.29. The van der Waals surface area contributed by atoms with Crippen molar-refractivity contribution >= 4 is 21.9 Å². The SMILES string of the molecule is CCN(CC)CCN1C(N)=NCC1c1ccc(F)c(Br)c1. The zero-order valence-corrected chi connectivity index (χ0v) is 14.1. The van der Waals surface area contributed by atoms with E-state index in [1.54, 1.807) is 0 Å². The van der Waals surface area contributed by atoms with Crippen LogP contribution in [0.25, 0.3) is 0 Å². The van der Waals surface area contributed by atoms with Gasteiger partial charge in [0, 0.05) is 13.1 Å². The van der Waals surface area contributed by atoms with Crippen molar-refractivity contribution in [1.82, 2.24) is 9.80 Å². The summed E-state index contributed by atoms with van der Waals surface area (Å²) in [5.74, 6) is 0.327. The molecular formula is C15H22BrFN4. The molecule has 0 aliphatic carbocycles. The van der Waals surface area contributed by atoms with Gasteiger partial charge in [-0.2, -0.15) is 0 Å². The van der Waals surface area contributed by atoms with Crippen LogP contribution in [0.1, 0.15) is 25.5 Å². The fourth-order valence-electron chi connectivity index (χ4n) is 2.59. The van der Waals surface area contributed by atoms with Crippen molar-refractivity contribution in [3.63, 3.8) is 0 Å². The minimum absolute atomic E-state index is 0.0949. The predicted octanol–water partition coefficient (Wildman–Crippen LogP) is 2.60. The highest BCUT2D eigenvalue weighted by Crippen LogP contribution is 2.28. The molecule has 6 heteroatoms. The van der Waals surface area contributed by atoms with Gasteiger partial charge in [-0.05, 0) is 46.7 Å². The Morgan fingerprint density at radius 3 is 2.76 bits per heavy atom. The number of nitrogens with zero attached hydrogens (tertiary/aromatic N) is 3. The lowest BCUT2D eigenvalue weighted by molar-refractivity contribution is 0.248. The largest absolute Gasteiger partial charge is 0.370 e. The summed E-state index contributed by atoms with van der Waals surface area (Å²) in [5.41, 5.74) is 7.05. The van der Waals surface area contributed by atoms with Gasteiger partial charge in [0.25, 0.3) is 0 Å². The highest BCUT2D eigenvalue weighted by Gasteiger charge is 2.27. The first-order valence-corrected chi connectivity index (χ1v) is 8.10. The van der Waals surface area contributed by atoms with Crippen molar-refractivity contribution in [3.8, 4) is 0 Å². The van der Waals surface area contributed by atoms with E-state index in [0.29, 0.717) is 17.0 Å². The molecule has 116 valence electrons. The molecule has 2 rings (SSSR count). The van der Waals surface area contributed by atoms with Gasteiger partial charge in [-0.3, -0.25) is 4.99 Å². The summed E-state index contributed by atoms with van der Waals surface area (Å²) in [4.78, 5) is 8.81. The number of rotatable bonds is 6. The van der Waals surface area contributed by atoms with E-state index < -0.39 is 0 Å². The van der Waals surface area contributed by atoms with E-state index >= 15 is 0 Å². The third kappa shape index (κ3) is 3.74. The number of likely N-dealkylation sites (N-methyl/N-ethyl adjacent to an activating group) is 1. The summed E-state index contributed by atoms with van der Waals surface area (Å²) in [6.07, 6.45) is 0. The highest BCUT2D eigenvalue weighted by atomic mass is 79.9. The number of hydrogen-bond donors (Lipinski definition) is 1. The Labute approximate surface area is 133 Å². The van der Waals surface area contributed by atoms with E-state index in [9.17, 15) is 4.39 Å². The molecule has 4 nitrogen and oxygen atoms in total. The van der Waals surface area contributed by atoms with E-state index in [4.69, 9.17) is 5.73 Å². The lowest BCUT2D eigenvalue weighted by Crippen LogP contribution is -2.41. The summed E-state index contributed by atoms with van der Waals surface area (Å²) in [7, 11) is 0. The van der Waals surface area contributed by atoms with E-state index in [1.165, 1.54) is 6.07 Å². The van der Waals surface area contributed by atoms with E-state index in [2.05, 4.69) is 44.6 Å². The maximum absolute atomic E-state index is 13.4. The molecule has 21 heavy (non-hydrogen) atoms. The predicted molar refractivity (Wildman–Crippen MR) is 87.8 cm³/mol. The molecule has 1 atom stereocenters. The summed E-state index contributed by atoms with van der Waals surface area (Å²) in [5, 5.41) is 0. The number of benzene rings is 1. The molecule has 0 saturated heterocycles. The fourth-order valence-corrected chi connectivity index (χ4v) is 2.99. The van der Waals surface area contributed by atoms with Crippen molar-refractivity contribution in [2.75, 3.05) is 32.7 Å². The maximum Gasteiger partial charge on any atom is 0.191 e. The van der Waals surface area contributed by atoms with Gasteiger partial charge in [0.05, 0.1) is 17.1 Å². The number of halogens is 2. The van der Waals surface area contributed by atoms with Crippen molar-refractivity contribution < 1.29 is 4.39 Å². The van der Waals surface area contributed by atoms with Gasteiger partial charge in [-0.25, -0.2) is 4.39 Å². The number of guanidine groups is 1. The highest BCUT2D eigenvalue weighted by molar-refractivity contribution is 9.10. The van der Waals surface area contributed by atoms with Crippen molar-refractivity contribution in [2.45, 2.75) is 19.9 Å². The van der Waals surface area contributed by atoms with Crippen LogP contribution >= 0.6 is 15.9 Å². The summed E-state index contributed by atoms with van der Waals surface area (Å²) >= 11 is 3.24. The molecule has 0 radical (unpaired) electrons. The van der Waals surface area contributed by atoms with Gasteiger partial charge < -0.3 is 15.5 Å². The summed E-state index contributed by atoms with van der Waals surface area (Å²) in [6, 6.07) is 5.20. The van der Waals surface area contributed by atoms with Crippen LogP contribution in [0.2, 0.25) is 0 Å². The van der Waals surface area contributed by atoms with Crippen LogP contribution < -0.4 is 5.73 Å². The van der Waals surface area contributed by atoms with E-state index in [1.807, 2.05) is 12.1 Å². The molecule has 1 heterocycles. The maximum atomic E-state index is 13.4. The van der Waals surface area contributed by atoms with Gasteiger partial charge in [0.2, 0.25) is 0 Å². The molecule has 2 N–H and O–H groups in total. The molecule has 0 saturated carbocycles. The summed E-state index contributed by atoms with van der Waals surface area (Å²) in [6.45, 7) is 8.75. The minimum Gasteiger partial charge on any atom is -0.370 e. The van der Waals surface area contributed by atoms with Gasteiger partial charge in [0.15, 0.2) is 5.96 Å². The first kappa shape index (κ1) is 16.2. The first-order chi connectivity index (χ1) is 10.1. The topological polar surface area (TPSA) is 44.9 Å². The molecule has 0 amide bonds. The average Bonchev–Trinajstić information content (AvgIpc) is 2.84.